The molecule has 3 aromatic carbocycles. The van der Waals surface area contributed by atoms with E-state index in [9.17, 15) is 14.7 Å². The molecule has 1 aliphatic carbocycles. The fraction of sp³-hybridized carbons (Fsp3) is 0.148. The predicted molar refractivity (Wildman–Crippen MR) is 135 cm³/mol. The van der Waals surface area contributed by atoms with E-state index in [0.29, 0.717) is 34.1 Å². The summed E-state index contributed by atoms with van der Waals surface area (Å²) in [6.07, 6.45) is 2.00. The molecule has 1 saturated carbocycles. The lowest BCUT2D eigenvalue weighted by atomic mass is 10.1. The van der Waals surface area contributed by atoms with Crippen molar-refractivity contribution < 1.29 is 14.7 Å². The van der Waals surface area contributed by atoms with E-state index < -0.39 is 0 Å². The van der Waals surface area contributed by atoms with Gasteiger partial charge >= 0.3 is 6.03 Å². The van der Waals surface area contributed by atoms with E-state index in [2.05, 4.69) is 15.7 Å². The van der Waals surface area contributed by atoms with Gasteiger partial charge in [-0.15, -0.1) is 0 Å². The van der Waals surface area contributed by atoms with E-state index in [4.69, 9.17) is 11.6 Å². The van der Waals surface area contributed by atoms with Crippen molar-refractivity contribution in [1.82, 2.24) is 15.1 Å². The van der Waals surface area contributed by atoms with Crippen LogP contribution in [0.4, 0.5) is 10.5 Å². The second-order valence-corrected chi connectivity index (χ2v) is 8.91. The van der Waals surface area contributed by atoms with Crippen LogP contribution in [0.15, 0.2) is 78.9 Å². The quantitative estimate of drug-likeness (QED) is 0.321. The van der Waals surface area contributed by atoms with Gasteiger partial charge in [0.15, 0.2) is 0 Å². The number of amides is 2. The minimum atomic E-state index is -0.316. The van der Waals surface area contributed by atoms with Crippen LogP contribution in [0.2, 0.25) is 5.02 Å². The summed E-state index contributed by atoms with van der Waals surface area (Å²) in [6, 6.07) is 22.6. The highest BCUT2D eigenvalue weighted by molar-refractivity contribution is 6.30. The minimum Gasteiger partial charge on any atom is -0.507 e. The molecule has 176 valence electrons. The smallest absolute Gasteiger partial charge is 0.342 e. The number of nitrogens with one attached hydrogen (secondary N) is 2. The maximum atomic E-state index is 12.9. The highest BCUT2D eigenvalue weighted by atomic mass is 35.5. The number of rotatable bonds is 6. The van der Waals surface area contributed by atoms with Crippen LogP contribution in [0, 0.1) is 0 Å². The fourth-order valence-corrected chi connectivity index (χ4v) is 3.96. The second-order valence-electron chi connectivity index (χ2n) is 8.48. The summed E-state index contributed by atoms with van der Waals surface area (Å²) in [5, 5.41) is 21.4. The monoisotopic (exact) mass is 486 g/mol. The normalized spacial score (nSPS) is 12.8. The number of halogens is 1. The summed E-state index contributed by atoms with van der Waals surface area (Å²) in [7, 11) is 0. The van der Waals surface area contributed by atoms with Gasteiger partial charge in [-0.1, -0.05) is 41.9 Å². The third-order valence-electron chi connectivity index (χ3n) is 5.85. The van der Waals surface area contributed by atoms with Gasteiger partial charge in [0.2, 0.25) is 0 Å². The molecule has 0 unspecified atom stereocenters. The molecular weight excluding hydrogens is 464 g/mol. The summed E-state index contributed by atoms with van der Waals surface area (Å²) in [5.41, 5.74) is 3.68. The molecule has 4 aromatic rings. The van der Waals surface area contributed by atoms with Crippen molar-refractivity contribution in [2.75, 3.05) is 5.32 Å². The van der Waals surface area contributed by atoms with Gasteiger partial charge in [-0.25, -0.2) is 4.79 Å². The molecule has 0 aliphatic heterocycles. The number of carbonyl (C=O) groups excluding carboxylic acids is 2. The molecule has 0 saturated heterocycles. The lowest BCUT2D eigenvalue weighted by Gasteiger charge is -2.08. The number of benzene rings is 3. The molecular formula is C27H23ClN4O3. The SMILES string of the molecule is O=C(Nc1ccc(-c2cc(C3CC3)n(C(=O)NCc3ccccc3)n2)c(O)c1)c1ccc(Cl)cc1. The average Bonchev–Trinajstić information content (AvgIpc) is 3.62. The molecule has 1 fully saturated rings. The lowest BCUT2D eigenvalue weighted by Crippen LogP contribution is -2.30. The molecule has 3 N–H and O–H groups in total. The molecule has 0 bridgehead atoms. The third kappa shape index (κ3) is 5.20. The molecule has 35 heavy (non-hydrogen) atoms. The van der Waals surface area contributed by atoms with Gasteiger partial charge in [0, 0.05) is 40.4 Å². The third-order valence-corrected chi connectivity index (χ3v) is 6.10. The zero-order chi connectivity index (χ0) is 24.4. The second kappa shape index (κ2) is 9.64. The van der Waals surface area contributed by atoms with E-state index in [1.807, 2.05) is 36.4 Å². The molecule has 2 amide bonds. The Morgan fingerprint density at radius 2 is 1.74 bits per heavy atom. The van der Waals surface area contributed by atoms with Gasteiger partial charge in [0.25, 0.3) is 5.91 Å². The van der Waals surface area contributed by atoms with Gasteiger partial charge in [-0.2, -0.15) is 9.78 Å². The van der Waals surface area contributed by atoms with Crippen LogP contribution in [0.1, 0.15) is 40.4 Å². The van der Waals surface area contributed by atoms with E-state index in [-0.39, 0.29) is 23.6 Å². The van der Waals surface area contributed by atoms with Crippen LogP contribution in [-0.4, -0.2) is 26.8 Å². The molecule has 0 radical (unpaired) electrons. The standard InChI is InChI=1S/C27H23ClN4O3/c28-20-10-8-19(9-11-20)26(34)30-21-12-13-22(25(33)14-21)23-15-24(18-6-7-18)32(31-23)27(35)29-16-17-4-2-1-3-5-17/h1-5,8-15,18,33H,6-7,16H2,(H,29,35)(H,30,34). The number of phenolic OH excluding ortho intramolecular Hbond substituents is 1. The van der Waals surface area contributed by atoms with Crippen LogP contribution in [0.25, 0.3) is 11.3 Å². The lowest BCUT2D eigenvalue weighted by molar-refractivity contribution is 0.102. The Morgan fingerprint density at radius 3 is 2.43 bits per heavy atom. The molecule has 7 nitrogen and oxygen atoms in total. The van der Waals surface area contributed by atoms with Crippen molar-refractivity contribution in [3.05, 3.63) is 101 Å². The van der Waals surface area contributed by atoms with E-state index in [0.717, 1.165) is 24.1 Å². The van der Waals surface area contributed by atoms with Crippen LogP contribution in [0.3, 0.4) is 0 Å². The number of anilines is 1. The van der Waals surface area contributed by atoms with Gasteiger partial charge in [0.05, 0.1) is 11.4 Å². The highest BCUT2D eigenvalue weighted by Crippen LogP contribution is 2.42. The number of carbonyl (C=O) groups is 2. The molecule has 5 rings (SSSR count). The van der Waals surface area contributed by atoms with Crippen molar-refractivity contribution in [2.24, 2.45) is 0 Å². The molecule has 1 heterocycles. The Kier molecular flexibility index (Phi) is 6.25. The molecule has 0 atom stereocenters. The van der Waals surface area contributed by atoms with Crippen molar-refractivity contribution in [3.8, 4) is 17.0 Å². The zero-order valence-corrected chi connectivity index (χ0v) is 19.5. The van der Waals surface area contributed by atoms with Crippen molar-refractivity contribution >= 4 is 29.2 Å². The van der Waals surface area contributed by atoms with Crippen LogP contribution < -0.4 is 10.6 Å². The van der Waals surface area contributed by atoms with Gasteiger partial charge in [-0.3, -0.25) is 4.79 Å². The summed E-state index contributed by atoms with van der Waals surface area (Å²) < 4.78 is 1.39. The minimum absolute atomic E-state index is 0.0457. The fourth-order valence-electron chi connectivity index (χ4n) is 3.84. The van der Waals surface area contributed by atoms with E-state index >= 15 is 0 Å². The van der Waals surface area contributed by atoms with Crippen LogP contribution in [0.5, 0.6) is 5.75 Å². The highest BCUT2D eigenvalue weighted by Gasteiger charge is 2.30. The average molecular weight is 487 g/mol. The first-order chi connectivity index (χ1) is 17.0. The summed E-state index contributed by atoms with van der Waals surface area (Å²) in [4.78, 5) is 25.4. The summed E-state index contributed by atoms with van der Waals surface area (Å²) >= 11 is 5.88. The molecule has 8 heteroatoms. The van der Waals surface area contributed by atoms with Crippen molar-refractivity contribution in [3.63, 3.8) is 0 Å². The largest absolute Gasteiger partial charge is 0.507 e. The van der Waals surface area contributed by atoms with Gasteiger partial charge < -0.3 is 15.7 Å². The Hall–Kier alpha value is -4.10. The number of aromatic hydroxyl groups is 1. The van der Waals surface area contributed by atoms with E-state index in [1.165, 1.54) is 10.7 Å². The van der Waals surface area contributed by atoms with E-state index in [1.54, 1.807) is 36.4 Å². The Balaban J connectivity index is 1.34. The summed E-state index contributed by atoms with van der Waals surface area (Å²) in [6.45, 7) is 0.395. The van der Waals surface area contributed by atoms with Crippen molar-refractivity contribution in [2.45, 2.75) is 25.3 Å². The first-order valence-electron chi connectivity index (χ1n) is 11.3. The Bertz CT molecular complexity index is 1380. The Labute approximate surface area is 207 Å². The number of phenols is 1. The van der Waals surface area contributed by atoms with Gasteiger partial charge in [0.1, 0.15) is 5.75 Å². The van der Waals surface area contributed by atoms with Gasteiger partial charge in [-0.05, 0) is 60.9 Å². The van der Waals surface area contributed by atoms with Crippen molar-refractivity contribution in [1.29, 1.82) is 0 Å². The first-order valence-corrected chi connectivity index (χ1v) is 11.7. The predicted octanol–water partition coefficient (Wildman–Crippen LogP) is 5.80. The maximum absolute atomic E-state index is 12.9. The van der Waals surface area contributed by atoms with Crippen LogP contribution in [-0.2, 0) is 6.54 Å². The number of hydrogen-bond acceptors (Lipinski definition) is 4. The zero-order valence-electron chi connectivity index (χ0n) is 18.7. The van der Waals surface area contributed by atoms with Crippen LogP contribution >= 0.6 is 11.6 Å². The number of aromatic nitrogens is 2. The Morgan fingerprint density at radius 1 is 1.00 bits per heavy atom. The topological polar surface area (TPSA) is 96.3 Å². The first kappa shape index (κ1) is 22.7. The molecule has 1 aromatic heterocycles. The molecule has 0 spiro atoms. The number of hydrogen-bond donors (Lipinski definition) is 3. The molecule has 1 aliphatic rings. The number of nitrogens with zero attached hydrogens (tertiary/aromatic N) is 2. The maximum Gasteiger partial charge on any atom is 0.342 e. The summed E-state index contributed by atoms with van der Waals surface area (Å²) in [5.74, 6) is -0.0846.